The molecule has 0 aliphatic heterocycles. The third-order valence-electron chi connectivity index (χ3n) is 2.03. The van der Waals surface area contributed by atoms with Crippen LogP contribution in [-0.2, 0) is 11.3 Å². The highest BCUT2D eigenvalue weighted by Gasteiger charge is 2.02. The van der Waals surface area contributed by atoms with Crippen molar-refractivity contribution in [1.29, 1.82) is 0 Å². The molecule has 0 unspecified atom stereocenters. The number of nitrogens with zero attached hydrogens (tertiary/aromatic N) is 2. The van der Waals surface area contributed by atoms with E-state index in [1.165, 1.54) is 0 Å². The van der Waals surface area contributed by atoms with Crippen molar-refractivity contribution < 1.29 is 4.74 Å². The van der Waals surface area contributed by atoms with Gasteiger partial charge in [0.15, 0.2) is 0 Å². The van der Waals surface area contributed by atoms with E-state index in [1.807, 2.05) is 19.2 Å². The van der Waals surface area contributed by atoms with Gasteiger partial charge in [-0.25, -0.2) is 4.98 Å². The molecule has 1 heterocycles. The fourth-order valence-electron chi connectivity index (χ4n) is 1.38. The lowest BCUT2D eigenvalue weighted by Crippen LogP contribution is -2.09. The predicted octanol–water partition coefficient (Wildman–Crippen LogP) is 1.83. The number of nitrogens with one attached hydrogen (secondary N) is 1. The number of ether oxygens (including phenoxy) is 1. The molecule has 4 heteroatoms. The van der Waals surface area contributed by atoms with Gasteiger partial charge in [-0.15, -0.1) is 6.58 Å². The summed E-state index contributed by atoms with van der Waals surface area (Å²) in [7, 11) is 1.71. The molecule has 4 nitrogen and oxygen atoms in total. The van der Waals surface area contributed by atoms with Crippen LogP contribution in [0.25, 0.3) is 0 Å². The van der Waals surface area contributed by atoms with E-state index in [0.717, 1.165) is 37.8 Å². The van der Waals surface area contributed by atoms with Crippen molar-refractivity contribution in [3.63, 3.8) is 0 Å². The van der Waals surface area contributed by atoms with Crippen LogP contribution in [0.2, 0.25) is 0 Å². The summed E-state index contributed by atoms with van der Waals surface area (Å²) in [6, 6.07) is 0. The first-order chi connectivity index (χ1) is 7.27. The van der Waals surface area contributed by atoms with Gasteiger partial charge < -0.3 is 14.6 Å². The first-order valence-electron chi connectivity index (χ1n) is 5.15. The Morgan fingerprint density at radius 1 is 1.67 bits per heavy atom. The third-order valence-corrected chi connectivity index (χ3v) is 2.03. The van der Waals surface area contributed by atoms with E-state index in [0.29, 0.717) is 0 Å². The Labute approximate surface area is 91.0 Å². The van der Waals surface area contributed by atoms with Crippen molar-refractivity contribution in [2.45, 2.75) is 19.9 Å². The fraction of sp³-hybridized carbons (Fsp3) is 0.545. The second-order valence-electron chi connectivity index (χ2n) is 3.42. The van der Waals surface area contributed by atoms with E-state index in [-0.39, 0.29) is 0 Å². The molecule has 0 spiro atoms. The molecule has 0 aliphatic rings. The number of methoxy groups -OCH3 is 1. The van der Waals surface area contributed by atoms with Crippen LogP contribution in [0.3, 0.4) is 0 Å². The highest BCUT2D eigenvalue weighted by molar-refractivity contribution is 5.28. The molecule has 0 bridgehead atoms. The summed E-state index contributed by atoms with van der Waals surface area (Å²) in [5.41, 5.74) is 1.02. The summed E-state index contributed by atoms with van der Waals surface area (Å²) in [6.07, 6.45) is 4.86. The molecule has 0 aliphatic carbocycles. The number of aryl methyl sites for hydroxylation is 1. The highest BCUT2D eigenvalue weighted by atomic mass is 16.5. The molecule has 1 N–H and O–H groups in total. The Bertz CT molecular complexity index is 307. The second-order valence-corrected chi connectivity index (χ2v) is 3.42. The topological polar surface area (TPSA) is 39.1 Å². The molecule has 15 heavy (non-hydrogen) atoms. The molecular weight excluding hydrogens is 190 g/mol. The second kappa shape index (κ2) is 6.24. The number of aromatic nitrogens is 2. The zero-order chi connectivity index (χ0) is 11.1. The molecule has 0 atom stereocenters. The Balaban J connectivity index is 2.47. The van der Waals surface area contributed by atoms with E-state index >= 15 is 0 Å². The van der Waals surface area contributed by atoms with Crippen molar-refractivity contribution in [3.8, 4) is 0 Å². The molecule has 1 rings (SSSR count). The van der Waals surface area contributed by atoms with E-state index < -0.39 is 0 Å². The van der Waals surface area contributed by atoms with Gasteiger partial charge in [-0.2, -0.15) is 0 Å². The number of hydrogen-bond acceptors (Lipinski definition) is 3. The fourth-order valence-corrected chi connectivity index (χ4v) is 1.38. The van der Waals surface area contributed by atoms with E-state index in [1.54, 1.807) is 7.11 Å². The maximum Gasteiger partial charge on any atom is 0.203 e. The van der Waals surface area contributed by atoms with Crippen LogP contribution in [0, 0.1) is 6.92 Å². The van der Waals surface area contributed by atoms with Crippen molar-refractivity contribution in [1.82, 2.24) is 9.55 Å². The van der Waals surface area contributed by atoms with Gasteiger partial charge in [-0.1, -0.05) is 6.08 Å². The van der Waals surface area contributed by atoms with Crippen LogP contribution in [0.4, 0.5) is 5.95 Å². The van der Waals surface area contributed by atoms with Crippen molar-refractivity contribution in [2.75, 3.05) is 25.6 Å². The summed E-state index contributed by atoms with van der Waals surface area (Å²) >= 11 is 0. The van der Waals surface area contributed by atoms with Crippen LogP contribution in [-0.4, -0.2) is 29.8 Å². The van der Waals surface area contributed by atoms with Gasteiger partial charge in [-0.3, -0.25) is 0 Å². The van der Waals surface area contributed by atoms with Crippen LogP contribution in [0.5, 0.6) is 0 Å². The Kier molecular flexibility index (Phi) is 4.90. The number of anilines is 1. The predicted molar refractivity (Wildman–Crippen MR) is 62.1 cm³/mol. The monoisotopic (exact) mass is 209 g/mol. The summed E-state index contributed by atoms with van der Waals surface area (Å²) < 4.78 is 7.03. The Hall–Kier alpha value is -1.29. The van der Waals surface area contributed by atoms with E-state index in [2.05, 4.69) is 21.4 Å². The standard InChI is InChI=1S/C11H19N3O/c1-4-7-14-9-10(2)13-11(14)12-6-5-8-15-3/h4,9H,1,5-8H2,2-3H3,(H,12,13). The number of imidazole rings is 1. The van der Waals surface area contributed by atoms with Gasteiger partial charge in [0.25, 0.3) is 0 Å². The largest absolute Gasteiger partial charge is 0.385 e. The smallest absolute Gasteiger partial charge is 0.203 e. The maximum atomic E-state index is 4.98. The molecule has 0 aromatic carbocycles. The van der Waals surface area contributed by atoms with E-state index in [9.17, 15) is 0 Å². The molecule has 0 radical (unpaired) electrons. The quantitative estimate of drug-likeness (QED) is 0.550. The van der Waals surface area contributed by atoms with Gasteiger partial charge >= 0.3 is 0 Å². The minimum atomic E-state index is 0.772. The first kappa shape index (κ1) is 11.8. The minimum Gasteiger partial charge on any atom is -0.385 e. The molecule has 0 amide bonds. The van der Waals surface area contributed by atoms with Gasteiger partial charge in [0, 0.05) is 33.0 Å². The van der Waals surface area contributed by atoms with Gasteiger partial charge in [0.1, 0.15) is 0 Å². The first-order valence-corrected chi connectivity index (χ1v) is 5.15. The zero-order valence-electron chi connectivity index (χ0n) is 9.49. The molecule has 84 valence electrons. The van der Waals surface area contributed by atoms with Crippen LogP contribution < -0.4 is 5.32 Å². The number of rotatable bonds is 7. The van der Waals surface area contributed by atoms with Crippen LogP contribution in [0.15, 0.2) is 18.9 Å². The SMILES string of the molecule is C=CCn1cc(C)nc1NCCCOC. The van der Waals surface area contributed by atoms with Crippen LogP contribution in [0.1, 0.15) is 12.1 Å². The van der Waals surface area contributed by atoms with E-state index in [4.69, 9.17) is 4.74 Å². The average Bonchev–Trinajstić information content (AvgIpc) is 2.55. The molecule has 0 saturated carbocycles. The zero-order valence-corrected chi connectivity index (χ0v) is 9.49. The lowest BCUT2D eigenvalue weighted by atomic mass is 10.4. The molecular formula is C11H19N3O. The normalized spacial score (nSPS) is 10.3. The van der Waals surface area contributed by atoms with Crippen molar-refractivity contribution in [3.05, 3.63) is 24.5 Å². The minimum absolute atomic E-state index is 0.772. The molecule has 0 saturated heterocycles. The number of allylic oxidation sites excluding steroid dienone is 1. The van der Waals surface area contributed by atoms with Crippen molar-refractivity contribution in [2.24, 2.45) is 0 Å². The molecule has 1 aromatic rings. The molecule has 0 fully saturated rings. The van der Waals surface area contributed by atoms with Gasteiger partial charge in [0.2, 0.25) is 5.95 Å². The lowest BCUT2D eigenvalue weighted by molar-refractivity contribution is 0.197. The van der Waals surface area contributed by atoms with Crippen molar-refractivity contribution >= 4 is 5.95 Å². The third kappa shape index (κ3) is 3.75. The lowest BCUT2D eigenvalue weighted by Gasteiger charge is -2.07. The Morgan fingerprint density at radius 3 is 3.13 bits per heavy atom. The average molecular weight is 209 g/mol. The van der Waals surface area contributed by atoms with Crippen LogP contribution >= 0.6 is 0 Å². The summed E-state index contributed by atoms with van der Waals surface area (Å²) in [6.45, 7) is 8.14. The molecule has 1 aromatic heterocycles. The summed E-state index contributed by atoms with van der Waals surface area (Å²) in [5, 5.41) is 3.28. The van der Waals surface area contributed by atoms with Gasteiger partial charge in [0.05, 0.1) is 5.69 Å². The summed E-state index contributed by atoms with van der Waals surface area (Å²) in [4.78, 5) is 4.39. The highest BCUT2D eigenvalue weighted by Crippen LogP contribution is 2.08. The van der Waals surface area contributed by atoms with Gasteiger partial charge in [-0.05, 0) is 13.3 Å². The summed E-state index contributed by atoms with van der Waals surface area (Å²) in [5.74, 6) is 0.906. The Morgan fingerprint density at radius 2 is 2.47 bits per heavy atom. The number of hydrogen-bond donors (Lipinski definition) is 1. The maximum absolute atomic E-state index is 4.98.